The summed E-state index contributed by atoms with van der Waals surface area (Å²) in [7, 11) is -3.74. The third-order valence-electron chi connectivity index (χ3n) is 6.44. The maximum absolute atomic E-state index is 13.1. The number of carbonyl (C=O) groups excluding carboxylic acids is 2. The number of urea groups is 1. The molecular formula is C31H40N4O4S. The highest BCUT2D eigenvalue weighted by atomic mass is 32.2. The molecule has 0 aromatic heterocycles. The second kappa shape index (κ2) is 14.5. The normalized spacial score (nSPS) is 12.8. The molecule has 2 atom stereocenters. The van der Waals surface area contributed by atoms with Gasteiger partial charge in [-0.1, -0.05) is 74.7 Å². The number of carbonyl (C=O) groups is 2. The van der Waals surface area contributed by atoms with Gasteiger partial charge in [0.2, 0.25) is 5.91 Å². The first-order chi connectivity index (χ1) is 19.0. The van der Waals surface area contributed by atoms with E-state index in [0.717, 1.165) is 30.4 Å². The maximum atomic E-state index is 13.1. The number of sulfonamides is 1. The molecule has 3 rings (SSSR count). The molecule has 0 aliphatic rings. The van der Waals surface area contributed by atoms with Crippen LogP contribution in [-0.4, -0.2) is 32.4 Å². The van der Waals surface area contributed by atoms with E-state index >= 15 is 0 Å². The highest BCUT2D eigenvalue weighted by molar-refractivity contribution is 7.92. The Morgan fingerprint density at radius 3 is 2.02 bits per heavy atom. The van der Waals surface area contributed by atoms with Crippen molar-refractivity contribution in [1.29, 1.82) is 0 Å². The molecule has 0 aliphatic carbocycles. The zero-order chi connectivity index (χ0) is 29.1. The summed E-state index contributed by atoms with van der Waals surface area (Å²) in [6.45, 7) is 8.22. The maximum Gasteiger partial charge on any atom is 0.319 e. The van der Waals surface area contributed by atoms with Gasteiger partial charge in [-0.2, -0.15) is 0 Å². The minimum atomic E-state index is -3.74. The summed E-state index contributed by atoms with van der Waals surface area (Å²) in [5.41, 5.74) is 2.71. The highest BCUT2D eigenvalue weighted by Crippen LogP contribution is 2.19. The molecule has 0 fully saturated rings. The molecule has 3 aromatic carbocycles. The van der Waals surface area contributed by atoms with Gasteiger partial charge in [-0.3, -0.25) is 9.52 Å². The van der Waals surface area contributed by atoms with Gasteiger partial charge in [0.15, 0.2) is 0 Å². The van der Waals surface area contributed by atoms with E-state index < -0.39 is 22.1 Å². The van der Waals surface area contributed by atoms with Crippen LogP contribution in [0.1, 0.15) is 51.2 Å². The number of aryl methyl sites for hydroxylation is 1. The second-order valence-corrected chi connectivity index (χ2v) is 12.3. The van der Waals surface area contributed by atoms with Crippen molar-refractivity contribution in [3.8, 4) is 0 Å². The molecule has 0 aliphatic heterocycles. The van der Waals surface area contributed by atoms with Crippen molar-refractivity contribution in [2.75, 3.05) is 10.0 Å². The van der Waals surface area contributed by atoms with Crippen LogP contribution in [0.15, 0.2) is 83.8 Å². The number of anilines is 2. The lowest BCUT2D eigenvalue weighted by Crippen LogP contribution is -2.51. The molecule has 0 spiro atoms. The van der Waals surface area contributed by atoms with Crippen LogP contribution in [0.2, 0.25) is 0 Å². The van der Waals surface area contributed by atoms with Crippen LogP contribution in [0.3, 0.4) is 0 Å². The van der Waals surface area contributed by atoms with Crippen LogP contribution in [0.25, 0.3) is 0 Å². The van der Waals surface area contributed by atoms with E-state index in [-0.39, 0.29) is 16.8 Å². The summed E-state index contributed by atoms with van der Waals surface area (Å²) < 4.78 is 27.8. The number of nitrogens with one attached hydrogen (secondary N) is 4. The van der Waals surface area contributed by atoms with E-state index in [1.54, 1.807) is 48.5 Å². The fraction of sp³-hybridized carbons (Fsp3) is 0.355. The van der Waals surface area contributed by atoms with Crippen LogP contribution in [0.4, 0.5) is 16.2 Å². The SMILES string of the molecule is Cc1ccc(S(=O)(=O)Nc2ccc(NC(=O)N[C@H](Cc3ccccc3)C(=O)NC(C)CCCC(C)C)cc2)cc1. The molecule has 8 nitrogen and oxygen atoms in total. The first-order valence-corrected chi connectivity index (χ1v) is 15.1. The summed E-state index contributed by atoms with van der Waals surface area (Å²) in [6, 6.07) is 21.1. The van der Waals surface area contributed by atoms with Gasteiger partial charge < -0.3 is 16.0 Å². The fourth-order valence-corrected chi connectivity index (χ4v) is 5.24. The summed E-state index contributed by atoms with van der Waals surface area (Å²) in [5, 5.41) is 8.57. The van der Waals surface area contributed by atoms with E-state index in [4.69, 9.17) is 0 Å². The lowest BCUT2D eigenvalue weighted by molar-refractivity contribution is -0.123. The zero-order valence-electron chi connectivity index (χ0n) is 23.6. The standard InChI is InChI=1S/C31H40N4O4S/c1-22(2)9-8-10-24(4)32-30(36)29(21-25-11-6-5-7-12-25)34-31(37)33-26-15-17-27(18-16-26)35-40(38,39)28-19-13-23(3)14-20-28/h5-7,11-20,22,24,29,35H,8-10,21H2,1-4H3,(H,32,36)(H2,33,34,37)/t24?,29-/m1/s1. The Morgan fingerprint density at radius 2 is 1.40 bits per heavy atom. The molecule has 0 bridgehead atoms. The van der Waals surface area contributed by atoms with Crippen LogP contribution in [-0.2, 0) is 21.2 Å². The van der Waals surface area contributed by atoms with Crippen molar-refractivity contribution in [3.05, 3.63) is 90.0 Å². The molecule has 0 saturated heterocycles. The summed E-state index contributed by atoms with van der Waals surface area (Å²) in [6.07, 6.45) is 3.33. The molecule has 1 unspecified atom stereocenters. The first-order valence-electron chi connectivity index (χ1n) is 13.6. The highest BCUT2D eigenvalue weighted by Gasteiger charge is 2.23. The number of hydrogen-bond donors (Lipinski definition) is 4. The van der Waals surface area contributed by atoms with Crippen molar-refractivity contribution in [2.45, 2.75) is 70.4 Å². The van der Waals surface area contributed by atoms with Crippen LogP contribution < -0.4 is 20.7 Å². The Bertz CT molecular complexity index is 1340. The Labute approximate surface area is 238 Å². The van der Waals surface area contributed by atoms with Gasteiger partial charge in [0.25, 0.3) is 10.0 Å². The predicted molar refractivity (Wildman–Crippen MR) is 161 cm³/mol. The van der Waals surface area contributed by atoms with E-state index in [1.165, 1.54) is 0 Å². The molecule has 9 heteroatoms. The molecule has 3 aromatic rings. The van der Waals surface area contributed by atoms with E-state index in [1.807, 2.05) is 44.2 Å². The minimum Gasteiger partial charge on any atom is -0.352 e. The topological polar surface area (TPSA) is 116 Å². The Morgan fingerprint density at radius 1 is 0.775 bits per heavy atom. The lowest BCUT2D eigenvalue weighted by atomic mass is 10.0. The predicted octanol–water partition coefficient (Wildman–Crippen LogP) is 5.86. The quantitative estimate of drug-likeness (QED) is 0.208. The van der Waals surface area contributed by atoms with Crippen LogP contribution >= 0.6 is 0 Å². The van der Waals surface area contributed by atoms with Gasteiger partial charge in [-0.25, -0.2) is 13.2 Å². The van der Waals surface area contributed by atoms with Crippen molar-refractivity contribution in [2.24, 2.45) is 5.92 Å². The lowest BCUT2D eigenvalue weighted by Gasteiger charge is -2.22. The third-order valence-corrected chi connectivity index (χ3v) is 7.84. The largest absolute Gasteiger partial charge is 0.352 e. The van der Waals surface area contributed by atoms with Gasteiger partial charge in [-0.15, -0.1) is 0 Å². The summed E-state index contributed by atoms with van der Waals surface area (Å²) >= 11 is 0. The van der Waals surface area contributed by atoms with E-state index in [9.17, 15) is 18.0 Å². The average molecular weight is 565 g/mol. The van der Waals surface area contributed by atoms with Crippen molar-refractivity contribution < 1.29 is 18.0 Å². The minimum absolute atomic E-state index is 0.00869. The van der Waals surface area contributed by atoms with Crippen LogP contribution in [0, 0.1) is 12.8 Å². The summed E-state index contributed by atoms with van der Waals surface area (Å²) in [4.78, 5) is 26.2. The second-order valence-electron chi connectivity index (χ2n) is 10.6. The van der Waals surface area contributed by atoms with Crippen molar-refractivity contribution in [3.63, 3.8) is 0 Å². The van der Waals surface area contributed by atoms with E-state index in [0.29, 0.717) is 23.7 Å². The first kappa shape index (κ1) is 30.7. The van der Waals surface area contributed by atoms with E-state index in [2.05, 4.69) is 34.5 Å². The molecule has 0 radical (unpaired) electrons. The van der Waals surface area contributed by atoms with Crippen LogP contribution in [0.5, 0.6) is 0 Å². The number of amides is 3. The van der Waals surface area contributed by atoms with Gasteiger partial charge >= 0.3 is 6.03 Å². The van der Waals surface area contributed by atoms with Gasteiger partial charge in [0.05, 0.1) is 4.90 Å². The van der Waals surface area contributed by atoms with Gasteiger partial charge in [0.1, 0.15) is 6.04 Å². The van der Waals surface area contributed by atoms with Gasteiger partial charge in [-0.05, 0) is 68.1 Å². The monoisotopic (exact) mass is 564 g/mol. The van der Waals surface area contributed by atoms with Crippen molar-refractivity contribution in [1.82, 2.24) is 10.6 Å². The number of benzene rings is 3. The molecule has 0 heterocycles. The smallest absolute Gasteiger partial charge is 0.319 e. The molecule has 4 N–H and O–H groups in total. The molecule has 3 amide bonds. The molecule has 214 valence electrons. The Kier molecular flexibility index (Phi) is 11.1. The fourth-order valence-electron chi connectivity index (χ4n) is 4.19. The summed E-state index contributed by atoms with van der Waals surface area (Å²) in [5.74, 6) is 0.374. The Hall–Kier alpha value is -3.85. The molecular weight excluding hydrogens is 524 g/mol. The van der Waals surface area contributed by atoms with Gasteiger partial charge in [0, 0.05) is 23.8 Å². The number of rotatable bonds is 13. The van der Waals surface area contributed by atoms with Crippen molar-refractivity contribution >= 4 is 33.3 Å². The molecule has 40 heavy (non-hydrogen) atoms. The Balaban J connectivity index is 1.61. The molecule has 0 saturated carbocycles. The third kappa shape index (κ3) is 10.0. The number of hydrogen-bond acceptors (Lipinski definition) is 4. The zero-order valence-corrected chi connectivity index (χ0v) is 24.4. The average Bonchev–Trinajstić information content (AvgIpc) is 2.90.